The average molecular weight is 805 g/mol. The minimum atomic E-state index is -2.16. The summed E-state index contributed by atoms with van der Waals surface area (Å²) < 4.78 is 25.8. The highest BCUT2D eigenvalue weighted by Gasteiger charge is 2.26. The smallest absolute Gasteiger partial charge is 0.149 e. The van der Waals surface area contributed by atoms with E-state index in [2.05, 4.69) is 171 Å². The molecule has 0 amide bonds. The van der Waals surface area contributed by atoms with Crippen molar-refractivity contribution in [3.63, 3.8) is 0 Å². The number of benzene rings is 6. The number of phenols is 1. The number of rotatable bonds is 8. The van der Waals surface area contributed by atoms with E-state index in [-0.39, 0.29) is 28.4 Å². The van der Waals surface area contributed by atoms with Gasteiger partial charge in [0.2, 0.25) is 0 Å². The van der Waals surface area contributed by atoms with Crippen LogP contribution in [-0.2, 0) is 10.8 Å². The summed E-state index contributed by atoms with van der Waals surface area (Å²) in [4.78, 5) is 10.5. The number of pyridine rings is 1. The number of fused-ring (bicyclic) bond motifs is 1. The van der Waals surface area contributed by atoms with Crippen LogP contribution >= 0.6 is 0 Å². The van der Waals surface area contributed by atoms with Gasteiger partial charge in [0.25, 0.3) is 0 Å². The number of hydrogen-bond acceptors (Lipinski definition) is 3. The van der Waals surface area contributed by atoms with Crippen molar-refractivity contribution in [3.05, 3.63) is 167 Å². The third-order valence-corrected chi connectivity index (χ3v) is 11.9. The van der Waals surface area contributed by atoms with Crippen molar-refractivity contribution < 1.29 is 9.22 Å². The van der Waals surface area contributed by atoms with E-state index in [4.69, 9.17) is 14.1 Å². The maximum absolute atomic E-state index is 12.3. The molecule has 8 aromatic rings. The zero-order valence-electron chi connectivity index (χ0n) is 40.2. The van der Waals surface area contributed by atoms with Gasteiger partial charge in [0.15, 0.2) is 0 Å². The van der Waals surface area contributed by atoms with E-state index >= 15 is 0 Å². The Morgan fingerprint density at radius 1 is 0.574 bits per heavy atom. The molecular formula is C57H59N3O. The summed E-state index contributed by atoms with van der Waals surface area (Å²) in [6, 6.07) is 45.9. The topological polar surface area (TPSA) is 50.9 Å². The summed E-state index contributed by atoms with van der Waals surface area (Å²) in [5.74, 6) is 1.27. The summed E-state index contributed by atoms with van der Waals surface area (Å²) >= 11 is 0. The van der Waals surface area contributed by atoms with Gasteiger partial charge in [-0.3, -0.25) is 9.55 Å². The Morgan fingerprint density at radius 2 is 1.25 bits per heavy atom. The van der Waals surface area contributed by atoms with Crippen LogP contribution in [0.1, 0.15) is 113 Å². The monoisotopic (exact) mass is 804 g/mol. The van der Waals surface area contributed by atoms with E-state index in [1.165, 1.54) is 5.56 Å². The first-order valence-corrected chi connectivity index (χ1v) is 21.5. The van der Waals surface area contributed by atoms with Gasteiger partial charge < -0.3 is 5.11 Å². The lowest BCUT2D eigenvalue weighted by Gasteiger charge is -2.23. The fourth-order valence-corrected chi connectivity index (χ4v) is 8.16. The summed E-state index contributed by atoms with van der Waals surface area (Å²) in [5, 5.41) is 12.3. The van der Waals surface area contributed by atoms with Crippen LogP contribution in [0.25, 0.3) is 72.7 Å². The summed E-state index contributed by atoms with van der Waals surface area (Å²) in [5.41, 5.74) is 15.7. The van der Waals surface area contributed by atoms with Gasteiger partial charge in [-0.15, -0.1) is 0 Å². The van der Waals surface area contributed by atoms with Crippen LogP contribution in [0.2, 0.25) is 0 Å². The normalized spacial score (nSPS) is 13.1. The van der Waals surface area contributed by atoms with E-state index in [1.807, 2.05) is 30.5 Å². The third kappa shape index (κ3) is 8.29. The highest BCUT2D eigenvalue weighted by atomic mass is 16.3. The molecule has 2 heterocycles. The Bertz CT molecular complexity index is 3000. The van der Waals surface area contributed by atoms with Crippen molar-refractivity contribution in [1.29, 1.82) is 0 Å². The number of nitrogens with zero attached hydrogens (tertiary/aromatic N) is 3. The van der Waals surface area contributed by atoms with Gasteiger partial charge in [0, 0.05) is 27.1 Å². The van der Waals surface area contributed by atoms with Crippen molar-refractivity contribution in [2.45, 2.75) is 98.8 Å². The molecule has 0 aliphatic heterocycles. The lowest BCUT2D eigenvalue weighted by Crippen LogP contribution is -2.12. The van der Waals surface area contributed by atoms with Gasteiger partial charge in [0.05, 0.1) is 22.3 Å². The maximum Gasteiger partial charge on any atom is 0.149 e. The second kappa shape index (κ2) is 16.0. The predicted octanol–water partition coefficient (Wildman–Crippen LogP) is 15.6. The van der Waals surface area contributed by atoms with E-state index < -0.39 is 6.85 Å². The molecule has 0 aliphatic carbocycles. The first kappa shape index (κ1) is 37.7. The lowest BCUT2D eigenvalue weighted by molar-refractivity contribution is 0.466. The second-order valence-corrected chi connectivity index (χ2v) is 19.2. The summed E-state index contributed by atoms with van der Waals surface area (Å²) in [6.45, 7) is 19.9. The van der Waals surface area contributed by atoms with E-state index in [0.717, 1.165) is 78.0 Å². The molecule has 4 heteroatoms. The largest absolute Gasteiger partial charge is 0.507 e. The van der Waals surface area contributed by atoms with Crippen LogP contribution in [-0.4, -0.2) is 19.6 Å². The first-order valence-electron chi connectivity index (χ1n) is 23.0. The molecule has 0 radical (unpaired) electrons. The number of aryl methyl sites for hydroxylation is 1. The molecule has 308 valence electrons. The van der Waals surface area contributed by atoms with Crippen LogP contribution in [0.4, 0.5) is 0 Å². The number of hydrogen-bond donors (Lipinski definition) is 1. The molecule has 0 aliphatic rings. The van der Waals surface area contributed by atoms with Crippen molar-refractivity contribution in [1.82, 2.24) is 14.5 Å². The van der Waals surface area contributed by atoms with E-state index in [1.54, 1.807) is 12.1 Å². The van der Waals surface area contributed by atoms with Crippen molar-refractivity contribution in [3.8, 4) is 67.5 Å². The third-order valence-electron chi connectivity index (χ3n) is 11.9. The fourth-order valence-electron chi connectivity index (χ4n) is 8.16. The molecule has 4 nitrogen and oxygen atoms in total. The van der Waals surface area contributed by atoms with Gasteiger partial charge in [-0.2, -0.15) is 0 Å². The molecule has 0 saturated heterocycles. The number of para-hydroxylation sites is 1. The standard InChI is InChI=1S/C57H59N3O/c1-35(2)41-31-49(36(3)4)54(61)50(32-41)55-59-53-48(18-15-19-52(53)60(55)47-30-42(38-16-13-12-14-17-38)27-46(34-47)57(9,10)11)43-26-44(29-45(28-43)56(6,7)8)51-33-40(24-25-58-51)39-22-20-37(5)21-23-39/h12-36,61H,1-11H3/i5D3. The van der Waals surface area contributed by atoms with E-state index in [9.17, 15) is 5.11 Å². The Labute approximate surface area is 367 Å². The molecule has 0 bridgehead atoms. The van der Waals surface area contributed by atoms with Gasteiger partial charge in [-0.1, -0.05) is 160 Å². The van der Waals surface area contributed by atoms with Gasteiger partial charge in [-0.25, -0.2) is 4.98 Å². The summed E-state index contributed by atoms with van der Waals surface area (Å²) in [6.07, 6.45) is 1.82. The van der Waals surface area contributed by atoms with Crippen molar-refractivity contribution >= 4 is 11.0 Å². The number of imidazole rings is 1. The molecule has 61 heavy (non-hydrogen) atoms. The maximum atomic E-state index is 12.3. The van der Waals surface area contributed by atoms with Crippen LogP contribution in [0.5, 0.6) is 5.75 Å². The second-order valence-electron chi connectivity index (χ2n) is 19.2. The van der Waals surface area contributed by atoms with Gasteiger partial charge in [-0.05, 0) is 128 Å². The molecule has 0 saturated carbocycles. The van der Waals surface area contributed by atoms with Crippen LogP contribution in [0.3, 0.4) is 0 Å². The molecule has 1 N–H and O–H groups in total. The quantitative estimate of drug-likeness (QED) is 0.166. The number of phenolic OH excluding ortho intramolecular Hbond substituents is 1. The minimum Gasteiger partial charge on any atom is -0.507 e. The van der Waals surface area contributed by atoms with Crippen LogP contribution in [0.15, 0.2) is 140 Å². The fraction of sp³-hybridized carbons (Fsp3) is 0.263. The van der Waals surface area contributed by atoms with Gasteiger partial charge >= 0.3 is 0 Å². The first-order chi connectivity index (χ1) is 30.2. The van der Waals surface area contributed by atoms with Crippen LogP contribution in [0, 0.1) is 6.85 Å². The Morgan fingerprint density at radius 3 is 1.92 bits per heavy atom. The average Bonchev–Trinajstić information content (AvgIpc) is 3.65. The molecule has 0 atom stereocenters. The highest BCUT2D eigenvalue weighted by Crippen LogP contribution is 2.44. The number of aromatic nitrogens is 3. The molecule has 0 spiro atoms. The molecular weight excluding hydrogens is 743 g/mol. The molecule has 0 fully saturated rings. The zero-order valence-corrected chi connectivity index (χ0v) is 37.2. The molecule has 8 rings (SSSR count). The highest BCUT2D eigenvalue weighted by molar-refractivity contribution is 5.97. The van der Waals surface area contributed by atoms with Crippen molar-refractivity contribution in [2.75, 3.05) is 0 Å². The molecule has 0 unspecified atom stereocenters. The summed E-state index contributed by atoms with van der Waals surface area (Å²) in [7, 11) is 0. The SMILES string of the molecule is [2H]C([2H])([2H])c1ccc(-c2ccnc(-c3cc(-c4cccc5c4nc(-c4cc(C(C)C)cc(C(C)C)c4O)n5-c4cc(-c5ccccc5)cc(C(C)(C)C)c4)cc(C(C)(C)C)c3)c2)cc1. The Balaban J connectivity index is 1.40. The Hall–Kier alpha value is -6.26. The molecule has 2 aromatic heterocycles. The molecule has 6 aromatic carbocycles. The Kier molecular flexibility index (Phi) is 9.88. The number of aromatic hydroxyl groups is 1. The van der Waals surface area contributed by atoms with Crippen LogP contribution < -0.4 is 0 Å². The minimum absolute atomic E-state index is 0.0963. The lowest BCUT2D eigenvalue weighted by atomic mass is 9.83. The predicted molar refractivity (Wildman–Crippen MR) is 258 cm³/mol. The van der Waals surface area contributed by atoms with Crippen molar-refractivity contribution in [2.24, 2.45) is 0 Å². The van der Waals surface area contributed by atoms with Gasteiger partial charge in [0.1, 0.15) is 11.6 Å². The van der Waals surface area contributed by atoms with E-state index in [0.29, 0.717) is 17.0 Å². The zero-order chi connectivity index (χ0) is 45.9.